The molecule has 3 aliphatic rings. The van der Waals surface area contributed by atoms with Crippen LogP contribution in [-0.4, -0.2) is 52.4 Å². The van der Waals surface area contributed by atoms with Gasteiger partial charge >= 0.3 is 0 Å². The van der Waals surface area contributed by atoms with Gasteiger partial charge in [0, 0.05) is 31.6 Å². The maximum atomic E-state index is 14.7. The lowest BCUT2D eigenvalue weighted by Gasteiger charge is -2.24. The van der Waals surface area contributed by atoms with Crippen LogP contribution in [0, 0.1) is 17.1 Å². The van der Waals surface area contributed by atoms with E-state index in [1.54, 1.807) is 12.1 Å². The molecule has 0 unspecified atom stereocenters. The number of nitrogens with one attached hydrogen (secondary N) is 1. The number of nitrogens with zero attached hydrogens (tertiary/aromatic N) is 4. The molecule has 0 saturated carbocycles. The summed E-state index contributed by atoms with van der Waals surface area (Å²) in [4.78, 5) is 23.9. The van der Waals surface area contributed by atoms with Crippen molar-refractivity contribution in [3.8, 4) is 17.3 Å². The molecule has 9 heteroatoms. The number of hydrogen-bond donors (Lipinski definition) is 2. The van der Waals surface area contributed by atoms with Crippen molar-refractivity contribution in [2.75, 3.05) is 24.6 Å². The normalized spacial score (nSPS) is 22.6. The molecule has 5 heterocycles. The highest BCUT2D eigenvalue weighted by molar-refractivity contribution is 5.99. The first-order chi connectivity index (χ1) is 17.4. The summed E-state index contributed by atoms with van der Waals surface area (Å²) in [5.74, 6) is -0.750. The zero-order valence-electron chi connectivity index (χ0n) is 19.5. The molecule has 2 atom stereocenters. The SMILES string of the molecule is N#Cc1cccc(F)c1-c1cc(Cc2ccc(N3CC[C@]4(C[C@H](O)CO4)C3)cn2)c2c(n1)CNC2=O. The molecule has 1 amide bonds. The van der Waals surface area contributed by atoms with Gasteiger partial charge in [0.15, 0.2) is 0 Å². The lowest BCUT2D eigenvalue weighted by atomic mass is 9.97. The van der Waals surface area contributed by atoms with Gasteiger partial charge in [-0.1, -0.05) is 6.07 Å². The van der Waals surface area contributed by atoms with Crippen molar-refractivity contribution in [1.82, 2.24) is 15.3 Å². The number of hydrogen-bond acceptors (Lipinski definition) is 7. The van der Waals surface area contributed by atoms with Crippen LogP contribution in [0.2, 0.25) is 0 Å². The number of pyridine rings is 2. The zero-order chi connectivity index (χ0) is 24.9. The number of ether oxygens (including phenoxy) is 1. The summed E-state index contributed by atoms with van der Waals surface area (Å²) in [5, 5.41) is 22.2. The maximum absolute atomic E-state index is 14.7. The molecule has 0 radical (unpaired) electrons. The van der Waals surface area contributed by atoms with Crippen LogP contribution in [0.4, 0.5) is 10.1 Å². The van der Waals surface area contributed by atoms with Gasteiger partial charge in [-0.25, -0.2) is 9.37 Å². The van der Waals surface area contributed by atoms with Crippen LogP contribution in [0.15, 0.2) is 42.6 Å². The monoisotopic (exact) mass is 485 g/mol. The molecule has 8 nitrogen and oxygen atoms in total. The van der Waals surface area contributed by atoms with E-state index in [1.165, 1.54) is 12.1 Å². The molecule has 3 aliphatic heterocycles. The molecule has 182 valence electrons. The van der Waals surface area contributed by atoms with Crippen LogP contribution < -0.4 is 10.2 Å². The zero-order valence-corrected chi connectivity index (χ0v) is 19.5. The standard InChI is InChI=1S/C27H24FN5O3/c28-21-3-1-2-16(11-29)24(21)22-9-17(25-23(32-22)13-31-26(25)35)8-18-4-5-19(12-30-18)33-7-6-27(15-33)10-20(34)14-36-27/h1-5,9,12,20,34H,6-8,10,13-15H2,(H,31,35)/t20-,27-/m0/s1. The van der Waals surface area contributed by atoms with Gasteiger partial charge in [-0.05, 0) is 42.3 Å². The van der Waals surface area contributed by atoms with Crippen molar-refractivity contribution in [3.05, 3.63) is 76.5 Å². The predicted octanol–water partition coefficient (Wildman–Crippen LogP) is 2.72. The Kier molecular flexibility index (Phi) is 5.43. The van der Waals surface area contributed by atoms with E-state index < -0.39 is 11.9 Å². The number of aliphatic hydroxyl groups is 1. The lowest BCUT2D eigenvalue weighted by Crippen LogP contribution is -2.33. The first kappa shape index (κ1) is 22.6. The quantitative estimate of drug-likeness (QED) is 0.585. The number of aliphatic hydroxyl groups excluding tert-OH is 1. The van der Waals surface area contributed by atoms with E-state index in [0.29, 0.717) is 42.0 Å². The fourth-order valence-corrected chi connectivity index (χ4v) is 5.53. The number of halogens is 1. The molecule has 2 aromatic heterocycles. The maximum Gasteiger partial charge on any atom is 0.253 e. The topological polar surface area (TPSA) is 111 Å². The Bertz CT molecular complexity index is 1400. The molecule has 0 bridgehead atoms. The highest BCUT2D eigenvalue weighted by Gasteiger charge is 2.45. The lowest BCUT2D eigenvalue weighted by molar-refractivity contribution is 0.0185. The van der Waals surface area contributed by atoms with Crippen molar-refractivity contribution < 1.29 is 19.0 Å². The Morgan fingerprint density at radius 2 is 2.19 bits per heavy atom. The van der Waals surface area contributed by atoms with Crippen LogP contribution in [0.25, 0.3) is 11.3 Å². The molecule has 2 fully saturated rings. The molecule has 2 N–H and O–H groups in total. The predicted molar refractivity (Wildman–Crippen MR) is 129 cm³/mol. The van der Waals surface area contributed by atoms with Crippen LogP contribution in [-0.2, 0) is 17.7 Å². The largest absolute Gasteiger partial charge is 0.391 e. The van der Waals surface area contributed by atoms with Gasteiger partial charge in [-0.15, -0.1) is 0 Å². The molecule has 1 spiro atoms. The second-order valence-electron chi connectivity index (χ2n) is 9.65. The number of aromatic nitrogens is 2. The molecular weight excluding hydrogens is 461 g/mol. The van der Waals surface area contributed by atoms with Crippen LogP contribution >= 0.6 is 0 Å². The molecule has 0 aliphatic carbocycles. The first-order valence-corrected chi connectivity index (χ1v) is 12.0. The number of fused-ring (bicyclic) bond motifs is 1. The molecule has 36 heavy (non-hydrogen) atoms. The van der Waals surface area contributed by atoms with E-state index in [4.69, 9.17) is 4.74 Å². The minimum absolute atomic E-state index is 0.133. The summed E-state index contributed by atoms with van der Waals surface area (Å²) < 4.78 is 20.6. The average Bonchev–Trinajstić information content (AvgIpc) is 3.58. The Balaban J connectivity index is 1.29. The highest BCUT2D eigenvalue weighted by atomic mass is 19.1. The van der Waals surface area contributed by atoms with E-state index >= 15 is 0 Å². The average molecular weight is 486 g/mol. The van der Waals surface area contributed by atoms with E-state index in [0.717, 1.165) is 30.9 Å². The number of amides is 1. The van der Waals surface area contributed by atoms with Crippen LogP contribution in [0.3, 0.4) is 0 Å². The fraction of sp³-hybridized carbons (Fsp3) is 0.333. The third-order valence-corrected chi connectivity index (χ3v) is 7.26. The second-order valence-corrected chi connectivity index (χ2v) is 9.65. The van der Waals surface area contributed by atoms with Crippen molar-refractivity contribution in [1.29, 1.82) is 5.26 Å². The van der Waals surface area contributed by atoms with Gasteiger partial charge in [-0.2, -0.15) is 5.26 Å². The van der Waals surface area contributed by atoms with Gasteiger partial charge in [0.05, 0.1) is 70.9 Å². The molecule has 6 rings (SSSR count). The van der Waals surface area contributed by atoms with Gasteiger partial charge in [0.25, 0.3) is 5.91 Å². The van der Waals surface area contributed by atoms with Gasteiger partial charge < -0.3 is 20.1 Å². The number of nitriles is 1. The van der Waals surface area contributed by atoms with E-state index in [2.05, 4.69) is 20.2 Å². The number of carbonyl (C=O) groups excluding carboxylic acids is 1. The summed E-state index contributed by atoms with van der Waals surface area (Å²) in [7, 11) is 0. The number of anilines is 1. The summed E-state index contributed by atoms with van der Waals surface area (Å²) >= 11 is 0. The van der Waals surface area contributed by atoms with Gasteiger partial charge in [0.2, 0.25) is 0 Å². The van der Waals surface area contributed by atoms with Crippen molar-refractivity contribution >= 4 is 11.6 Å². The third-order valence-electron chi connectivity index (χ3n) is 7.26. The summed E-state index contributed by atoms with van der Waals surface area (Å²) in [6.07, 6.45) is 3.30. The van der Waals surface area contributed by atoms with E-state index in [9.17, 15) is 19.6 Å². The van der Waals surface area contributed by atoms with E-state index in [1.807, 2.05) is 24.4 Å². The summed E-state index contributed by atoms with van der Waals surface area (Å²) in [6, 6.07) is 12.0. The summed E-state index contributed by atoms with van der Waals surface area (Å²) in [5.41, 5.74) is 3.81. The van der Waals surface area contributed by atoms with Crippen molar-refractivity contribution in [2.45, 2.75) is 37.5 Å². The van der Waals surface area contributed by atoms with Crippen LogP contribution in [0.1, 0.15) is 45.7 Å². The number of rotatable bonds is 4. The summed E-state index contributed by atoms with van der Waals surface area (Å²) in [6.45, 7) is 2.19. The molecular formula is C27H24FN5O3. The smallest absolute Gasteiger partial charge is 0.253 e. The molecule has 2 saturated heterocycles. The minimum atomic E-state index is -0.533. The Morgan fingerprint density at radius 3 is 2.94 bits per heavy atom. The second kappa shape index (κ2) is 8.66. The Hall–Kier alpha value is -3.87. The van der Waals surface area contributed by atoms with E-state index in [-0.39, 0.29) is 29.2 Å². The van der Waals surface area contributed by atoms with Gasteiger partial charge in [0.1, 0.15) is 5.82 Å². The Labute approximate surface area is 207 Å². The molecule has 1 aromatic carbocycles. The molecule has 3 aromatic rings. The van der Waals surface area contributed by atoms with Crippen molar-refractivity contribution in [2.24, 2.45) is 0 Å². The number of carbonyl (C=O) groups is 1. The Morgan fingerprint density at radius 1 is 1.31 bits per heavy atom. The minimum Gasteiger partial charge on any atom is -0.391 e. The van der Waals surface area contributed by atoms with Gasteiger partial charge in [-0.3, -0.25) is 9.78 Å². The fourth-order valence-electron chi connectivity index (χ4n) is 5.53. The van der Waals surface area contributed by atoms with Crippen molar-refractivity contribution in [3.63, 3.8) is 0 Å². The third kappa shape index (κ3) is 3.88. The highest BCUT2D eigenvalue weighted by Crippen LogP contribution is 2.37. The number of benzene rings is 1. The van der Waals surface area contributed by atoms with Crippen LogP contribution in [0.5, 0.6) is 0 Å². The first-order valence-electron chi connectivity index (χ1n) is 12.0.